The van der Waals surface area contributed by atoms with Crippen molar-refractivity contribution in [3.63, 3.8) is 0 Å². The SMILES string of the molecule is C=CCN(c1cccc(C(=CC(=O)NO)c2cccnc2)c1)S(=O)(=O)c1ccc(OC)cc1. The second-order valence-electron chi connectivity index (χ2n) is 6.83. The highest BCUT2D eigenvalue weighted by atomic mass is 32.2. The van der Waals surface area contributed by atoms with E-state index >= 15 is 0 Å². The van der Waals surface area contributed by atoms with Gasteiger partial charge in [0.15, 0.2) is 0 Å². The van der Waals surface area contributed by atoms with Crippen molar-refractivity contribution < 1.29 is 23.2 Å². The molecule has 2 aromatic carbocycles. The van der Waals surface area contributed by atoms with Crippen molar-refractivity contribution in [2.45, 2.75) is 4.90 Å². The number of benzene rings is 2. The molecule has 0 spiro atoms. The predicted molar refractivity (Wildman–Crippen MR) is 125 cm³/mol. The number of hydrogen-bond acceptors (Lipinski definition) is 6. The van der Waals surface area contributed by atoms with Crippen LogP contribution in [0.25, 0.3) is 5.57 Å². The number of amides is 1. The number of anilines is 1. The van der Waals surface area contributed by atoms with E-state index < -0.39 is 15.9 Å². The maximum atomic E-state index is 13.4. The van der Waals surface area contributed by atoms with Crippen molar-refractivity contribution in [3.8, 4) is 5.75 Å². The summed E-state index contributed by atoms with van der Waals surface area (Å²) >= 11 is 0. The largest absolute Gasteiger partial charge is 0.497 e. The molecule has 3 aromatic rings. The monoisotopic (exact) mass is 465 g/mol. The quantitative estimate of drug-likeness (QED) is 0.217. The van der Waals surface area contributed by atoms with Gasteiger partial charge in [-0.3, -0.25) is 19.3 Å². The summed E-state index contributed by atoms with van der Waals surface area (Å²) < 4.78 is 33.2. The Kier molecular flexibility index (Phi) is 7.60. The molecule has 2 N–H and O–H groups in total. The molecular formula is C24H23N3O5S. The molecule has 8 nitrogen and oxygen atoms in total. The molecule has 0 saturated carbocycles. The Morgan fingerprint density at radius 2 is 1.88 bits per heavy atom. The molecule has 1 aromatic heterocycles. The highest BCUT2D eigenvalue weighted by Gasteiger charge is 2.24. The molecule has 170 valence electrons. The van der Waals surface area contributed by atoms with Crippen LogP contribution < -0.4 is 14.5 Å². The molecule has 0 fully saturated rings. The van der Waals surface area contributed by atoms with E-state index in [0.717, 1.165) is 0 Å². The van der Waals surface area contributed by atoms with Gasteiger partial charge in [0.2, 0.25) is 0 Å². The minimum absolute atomic E-state index is 0.0287. The summed E-state index contributed by atoms with van der Waals surface area (Å²) in [5.41, 5.74) is 3.59. The predicted octanol–water partition coefficient (Wildman–Crippen LogP) is 3.41. The summed E-state index contributed by atoms with van der Waals surface area (Å²) in [6.07, 6.45) is 5.87. The summed E-state index contributed by atoms with van der Waals surface area (Å²) in [4.78, 5) is 16.1. The van der Waals surface area contributed by atoms with Gasteiger partial charge in [-0.1, -0.05) is 24.3 Å². The van der Waals surface area contributed by atoms with Crippen molar-refractivity contribution in [2.24, 2.45) is 0 Å². The molecule has 0 aliphatic heterocycles. The van der Waals surface area contributed by atoms with Crippen LogP contribution in [0, 0.1) is 0 Å². The Labute approximate surface area is 192 Å². The van der Waals surface area contributed by atoms with E-state index in [-0.39, 0.29) is 11.4 Å². The van der Waals surface area contributed by atoms with Crippen LogP contribution in [0.3, 0.4) is 0 Å². The van der Waals surface area contributed by atoms with Gasteiger partial charge in [-0.05, 0) is 53.6 Å². The minimum Gasteiger partial charge on any atom is -0.497 e. The number of carbonyl (C=O) groups excluding carboxylic acids is 1. The summed E-state index contributed by atoms with van der Waals surface area (Å²) in [5, 5.41) is 8.99. The third-order valence-electron chi connectivity index (χ3n) is 4.75. The molecular weight excluding hydrogens is 442 g/mol. The van der Waals surface area contributed by atoms with Gasteiger partial charge < -0.3 is 4.74 Å². The van der Waals surface area contributed by atoms with Crippen LogP contribution in [0.4, 0.5) is 5.69 Å². The number of carbonyl (C=O) groups is 1. The first-order valence-corrected chi connectivity index (χ1v) is 11.3. The van der Waals surface area contributed by atoms with E-state index in [2.05, 4.69) is 11.6 Å². The maximum absolute atomic E-state index is 13.4. The van der Waals surface area contributed by atoms with Crippen LogP contribution in [0.5, 0.6) is 5.75 Å². The maximum Gasteiger partial charge on any atom is 0.267 e. The lowest BCUT2D eigenvalue weighted by molar-refractivity contribution is -0.124. The van der Waals surface area contributed by atoms with Crippen molar-refractivity contribution >= 4 is 27.2 Å². The van der Waals surface area contributed by atoms with Crippen LogP contribution in [0.1, 0.15) is 11.1 Å². The first-order chi connectivity index (χ1) is 15.9. The van der Waals surface area contributed by atoms with Crippen LogP contribution in [-0.2, 0) is 14.8 Å². The van der Waals surface area contributed by atoms with Gasteiger partial charge in [0.05, 0.1) is 24.2 Å². The average Bonchev–Trinajstić information content (AvgIpc) is 2.86. The van der Waals surface area contributed by atoms with E-state index in [0.29, 0.717) is 28.1 Å². The van der Waals surface area contributed by atoms with Gasteiger partial charge in [-0.2, -0.15) is 0 Å². The van der Waals surface area contributed by atoms with E-state index in [1.54, 1.807) is 66.4 Å². The van der Waals surface area contributed by atoms with E-state index in [1.165, 1.54) is 35.7 Å². The first-order valence-electron chi connectivity index (χ1n) is 9.85. The summed E-state index contributed by atoms with van der Waals surface area (Å²) in [5.74, 6) is -0.187. The molecule has 3 rings (SSSR count). The van der Waals surface area contributed by atoms with Crippen LogP contribution in [-0.4, -0.2) is 38.2 Å². The number of pyridine rings is 1. The Morgan fingerprint density at radius 1 is 1.15 bits per heavy atom. The highest BCUT2D eigenvalue weighted by molar-refractivity contribution is 7.92. The van der Waals surface area contributed by atoms with E-state index in [4.69, 9.17) is 9.94 Å². The molecule has 33 heavy (non-hydrogen) atoms. The number of hydrogen-bond donors (Lipinski definition) is 2. The highest BCUT2D eigenvalue weighted by Crippen LogP contribution is 2.30. The summed E-state index contributed by atoms with van der Waals surface area (Å²) in [6, 6.07) is 16.3. The molecule has 0 aliphatic rings. The molecule has 0 unspecified atom stereocenters. The number of sulfonamides is 1. The van der Waals surface area contributed by atoms with Gasteiger partial charge in [0.1, 0.15) is 5.75 Å². The smallest absolute Gasteiger partial charge is 0.267 e. The number of aromatic nitrogens is 1. The lowest BCUT2D eigenvalue weighted by atomic mass is 9.98. The Bertz CT molecular complexity index is 1260. The number of nitrogens with zero attached hydrogens (tertiary/aromatic N) is 2. The van der Waals surface area contributed by atoms with Gasteiger partial charge in [0.25, 0.3) is 15.9 Å². The molecule has 9 heteroatoms. The van der Waals surface area contributed by atoms with Gasteiger partial charge >= 0.3 is 0 Å². The van der Waals surface area contributed by atoms with Crippen LogP contribution in [0.2, 0.25) is 0 Å². The van der Waals surface area contributed by atoms with Crippen molar-refractivity contribution in [3.05, 3.63) is 103 Å². The molecule has 0 radical (unpaired) electrons. The molecule has 0 atom stereocenters. The summed E-state index contributed by atoms with van der Waals surface area (Å²) in [6.45, 7) is 3.72. The van der Waals surface area contributed by atoms with Crippen molar-refractivity contribution in [1.29, 1.82) is 0 Å². The van der Waals surface area contributed by atoms with E-state index in [9.17, 15) is 13.2 Å². The first kappa shape index (κ1) is 23.7. The zero-order chi connectivity index (χ0) is 23.8. The van der Waals surface area contributed by atoms with Crippen LogP contribution >= 0.6 is 0 Å². The molecule has 0 bridgehead atoms. The Morgan fingerprint density at radius 3 is 2.48 bits per heavy atom. The second-order valence-corrected chi connectivity index (χ2v) is 8.69. The normalized spacial score (nSPS) is 11.5. The van der Waals surface area contributed by atoms with Gasteiger partial charge in [-0.25, -0.2) is 13.9 Å². The zero-order valence-electron chi connectivity index (χ0n) is 17.9. The fourth-order valence-electron chi connectivity index (χ4n) is 3.18. The number of hydroxylamine groups is 1. The van der Waals surface area contributed by atoms with Crippen molar-refractivity contribution in [2.75, 3.05) is 18.0 Å². The van der Waals surface area contributed by atoms with Gasteiger partial charge in [0, 0.05) is 24.0 Å². The lowest BCUT2D eigenvalue weighted by Gasteiger charge is -2.24. The number of methoxy groups -OCH3 is 1. The third-order valence-corrected chi connectivity index (χ3v) is 6.55. The summed E-state index contributed by atoms with van der Waals surface area (Å²) in [7, 11) is -2.42. The third kappa shape index (κ3) is 5.46. The van der Waals surface area contributed by atoms with Crippen LogP contribution in [0.15, 0.2) is 96.7 Å². The number of nitrogens with one attached hydrogen (secondary N) is 1. The topological polar surface area (TPSA) is 109 Å². The zero-order valence-corrected chi connectivity index (χ0v) is 18.7. The minimum atomic E-state index is -3.92. The molecule has 0 aliphatic carbocycles. The fraction of sp³-hybridized carbons (Fsp3) is 0.0833. The van der Waals surface area contributed by atoms with Crippen molar-refractivity contribution in [1.82, 2.24) is 10.5 Å². The molecule has 0 saturated heterocycles. The van der Waals surface area contributed by atoms with Gasteiger partial charge in [-0.15, -0.1) is 6.58 Å². The second kappa shape index (κ2) is 10.6. The average molecular weight is 466 g/mol. The van der Waals surface area contributed by atoms with E-state index in [1.807, 2.05) is 0 Å². The number of ether oxygens (including phenoxy) is 1. The Hall–Kier alpha value is -3.95. The standard InChI is InChI=1S/C24H23N3O5S/c1-3-14-27(33(30,31)22-11-9-21(32-2)10-12-22)20-8-4-6-18(15-20)23(16-24(28)26-29)19-7-5-13-25-17-19/h3-13,15-17,29H,1,14H2,2H3,(H,26,28). The number of rotatable bonds is 9. The fourth-order valence-corrected chi connectivity index (χ4v) is 4.61. The Balaban J connectivity index is 2.10. The lowest BCUT2D eigenvalue weighted by Crippen LogP contribution is -2.31. The molecule has 1 amide bonds. The molecule has 1 heterocycles.